The van der Waals surface area contributed by atoms with Gasteiger partial charge in [0.1, 0.15) is 16.5 Å². The van der Waals surface area contributed by atoms with Gasteiger partial charge in [-0.05, 0) is 61.9 Å². The van der Waals surface area contributed by atoms with Gasteiger partial charge < -0.3 is 9.47 Å². The van der Waals surface area contributed by atoms with E-state index in [2.05, 4.69) is 0 Å². The van der Waals surface area contributed by atoms with Gasteiger partial charge in [0.15, 0.2) is 0 Å². The molecule has 5 nitrogen and oxygen atoms in total. The fourth-order valence-corrected chi connectivity index (χ4v) is 5.76. The zero-order valence-corrected chi connectivity index (χ0v) is 20.7. The van der Waals surface area contributed by atoms with Crippen LogP contribution in [0.3, 0.4) is 0 Å². The van der Waals surface area contributed by atoms with Crippen molar-refractivity contribution in [2.24, 2.45) is 0 Å². The summed E-state index contributed by atoms with van der Waals surface area (Å²) in [5.41, 5.74) is 0.364. The smallest absolute Gasteiger partial charge is 0.211 e. The predicted octanol–water partition coefficient (Wildman–Crippen LogP) is 5.66. The molecule has 0 bridgehead atoms. The number of sulfone groups is 1. The van der Waals surface area contributed by atoms with Crippen LogP contribution in [0.15, 0.2) is 81.4 Å². The first-order chi connectivity index (χ1) is 16.6. The number of hydrogen-bond acceptors (Lipinski definition) is 4. The van der Waals surface area contributed by atoms with Gasteiger partial charge in [-0.25, -0.2) is 17.2 Å². The summed E-state index contributed by atoms with van der Waals surface area (Å²) >= 11 is 5.98. The predicted molar refractivity (Wildman–Crippen MR) is 134 cm³/mol. The van der Waals surface area contributed by atoms with Gasteiger partial charge in [0.25, 0.3) is 0 Å². The van der Waals surface area contributed by atoms with Gasteiger partial charge in [0, 0.05) is 30.9 Å². The molecule has 35 heavy (non-hydrogen) atoms. The normalized spacial score (nSPS) is 11.7. The number of hydrogen-bond donors (Lipinski definition) is 0. The number of nitrogens with zero attached hydrogens (tertiary/aromatic N) is 2. The molecule has 9 heteroatoms. The maximum Gasteiger partial charge on any atom is 0.211 e. The van der Waals surface area contributed by atoms with Crippen LogP contribution in [0.25, 0.3) is 10.9 Å². The van der Waals surface area contributed by atoms with E-state index in [1.807, 2.05) is 13.8 Å². The third-order valence-corrected chi connectivity index (χ3v) is 7.84. The van der Waals surface area contributed by atoms with E-state index in [0.29, 0.717) is 29.9 Å². The molecule has 0 amide bonds. The Bertz CT molecular complexity index is 1580. The van der Waals surface area contributed by atoms with Gasteiger partial charge >= 0.3 is 0 Å². The first kappa shape index (κ1) is 24.9. The van der Waals surface area contributed by atoms with E-state index in [4.69, 9.17) is 11.6 Å². The number of benzene rings is 3. The number of aromatic nitrogens is 1. The molecule has 0 saturated carbocycles. The Morgan fingerprint density at radius 3 is 2.34 bits per heavy atom. The highest BCUT2D eigenvalue weighted by Crippen LogP contribution is 2.28. The lowest BCUT2D eigenvalue weighted by atomic mass is 10.1. The maximum atomic E-state index is 15.1. The zero-order chi connectivity index (χ0) is 25.3. The van der Waals surface area contributed by atoms with Gasteiger partial charge in [-0.3, -0.25) is 4.79 Å². The van der Waals surface area contributed by atoms with Crippen LogP contribution in [0, 0.1) is 11.6 Å². The van der Waals surface area contributed by atoms with E-state index in [9.17, 15) is 17.6 Å². The van der Waals surface area contributed by atoms with E-state index in [1.54, 1.807) is 17.0 Å². The maximum absolute atomic E-state index is 15.1. The van der Waals surface area contributed by atoms with Crippen molar-refractivity contribution in [1.82, 2.24) is 4.57 Å². The first-order valence-electron chi connectivity index (χ1n) is 11.0. The van der Waals surface area contributed by atoms with Crippen LogP contribution < -0.4 is 10.3 Å². The molecule has 0 unspecified atom stereocenters. The van der Waals surface area contributed by atoms with Crippen molar-refractivity contribution in [3.8, 4) is 0 Å². The molecule has 0 N–H and O–H groups in total. The SMILES string of the molecule is CCN(CC)c1cc2c(cc1F)c(=O)c(S(=O)(=O)c1cccc(Cl)c1)cn2Cc1cccc(F)c1. The van der Waals surface area contributed by atoms with Gasteiger partial charge in [0.05, 0.1) is 21.5 Å². The van der Waals surface area contributed by atoms with E-state index in [0.717, 1.165) is 6.07 Å². The van der Waals surface area contributed by atoms with Gasteiger partial charge in [-0.1, -0.05) is 29.8 Å². The molecular weight excluding hydrogens is 494 g/mol. The van der Waals surface area contributed by atoms with Crippen molar-refractivity contribution < 1.29 is 17.2 Å². The van der Waals surface area contributed by atoms with Crippen molar-refractivity contribution in [2.75, 3.05) is 18.0 Å². The van der Waals surface area contributed by atoms with E-state index in [-0.39, 0.29) is 21.8 Å². The Labute approximate surface area is 207 Å². The molecule has 0 saturated heterocycles. The Kier molecular flexibility index (Phi) is 6.96. The lowest BCUT2D eigenvalue weighted by Crippen LogP contribution is -2.24. The highest BCUT2D eigenvalue weighted by Gasteiger charge is 2.25. The monoisotopic (exact) mass is 516 g/mol. The Morgan fingerprint density at radius 1 is 0.971 bits per heavy atom. The molecule has 0 aliphatic carbocycles. The number of rotatable bonds is 7. The minimum atomic E-state index is -4.28. The largest absolute Gasteiger partial charge is 0.370 e. The summed E-state index contributed by atoms with van der Waals surface area (Å²) in [5.74, 6) is -1.08. The lowest BCUT2D eigenvalue weighted by molar-refractivity contribution is 0.593. The van der Waals surface area contributed by atoms with Crippen molar-refractivity contribution >= 4 is 38.0 Å². The van der Waals surface area contributed by atoms with Crippen molar-refractivity contribution in [3.05, 3.63) is 99.3 Å². The van der Waals surface area contributed by atoms with Crippen LogP contribution in [0.1, 0.15) is 19.4 Å². The van der Waals surface area contributed by atoms with Crippen molar-refractivity contribution in [1.29, 1.82) is 0 Å². The molecular formula is C26H23ClF2N2O3S. The standard InChI is InChI=1S/C26H23ClF2N2O3S/c1-3-30(4-2)24-14-23-21(13-22(24)29)26(32)25(35(33,34)20-10-6-8-18(27)12-20)16-31(23)15-17-7-5-9-19(28)11-17/h5-14,16H,3-4,15H2,1-2H3. The third-order valence-electron chi connectivity index (χ3n) is 5.86. The van der Waals surface area contributed by atoms with Crippen molar-refractivity contribution in [2.45, 2.75) is 30.2 Å². The molecule has 0 aliphatic rings. The number of anilines is 1. The summed E-state index contributed by atoms with van der Waals surface area (Å²) in [6.07, 6.45) is 1.23. The molecule has 0 aliphatic heterocycles. The van der Waals surface area contributed by atoms with Gasteiger partial charge in [0.2, 0.25) is 15.3 Å². The highest BCUT2D eigenvalue weighted by atomic mass is 35.5. The average Bonchev–Trinajstić information content (AvgIpc) is 2.82. The summed E-state index contributed by atoms with van der Waals surface area (Å²) in [7, 11) is -4.28. The van der Waals surface area contributed by atoms with Crippen LogP contribution in [-0.4, -0.2) is 26.1 Å². The second kappa shape index (κ2) is 9.79. The summed E-state index contributed by atoms with van der Waals surface area (Å²) in [6, 6.07) is 14.0. The molecule has 1 heterocycles. The zero-order valence-electron chi connectivity index (χ0n) is 19.1. The molecule has 4 rings (SSSR count). The van der Waals surface area contributed by atoms with E-state index < -0.39 is 31.8 Å². The van der Waals surface area contributed by atoms with E-state index in [1.165, 1.54) is 53.2 Å². The van der Waals surface area contributed by atoms with Gasteiger partial charge in [-0.2, -0.15) is 0 Å². The third kappa shape index (κ3) is 4.81. The lowest BCUT2D eigenvalue weighted by Gasteiger charge is -2.23. The second-order valence-electron chi connectivity index (χ2n) is 8.03. The fourth-order valence-electron chi connectivity index (χ4n) is 4.09. The summed E-state index contributed by atoms with van der Waals surface area (Å²) in [4.78, 5) is 14.5. The molecule has 0 radical (unpaired) electrons. The first-order valence-corrected chi connectivity index (χ1v) is 12.9. The minimum Gasteiger partial charge on any atom is -0.370 e. The molecule has 182 valence electrons. The van der Waals surface area contributed by atoms with Crippen LogP contribution in [-0.2, 0) is 16.4 Å². The molecule has 0 fully saturated rings. The Morgan fingerprint density at radius 2 is 1.69 bits per heavy atom. The summed E-state index contributed by atoms with van der Waals surface area (Å²) < 4.78 is 57.4. The molecule has 1 aromatic heterocycles. The van der Waals surface area contributed by atoms with Crippen molar-refractivity contribution in [3.63, 3.8) is 0 Å². The molecule has 3 aromatic carbocycles. The Balaban J connectivity index is 2.03. The molecule has 0 atom stereocenters. The minimum absolute atomic E-state index is 0.0654. The van der Waals surface area contributed by atoms with Gasteiger partial charge in [-0.15, -0.1) is 0 Å². The van der Waals surface area contributed by atoms with Crippen LogP contribution in [0.5, 0.6) is 0 Å². The van der Waals surface area contributed by atoms with Crippen LogP contribution in [0.4, 0.5) is 14.5 Å². The second-order valence-corrected chi connectivity index (χ2v) is 10.4. The summed E-state index contributed by atoms with van der Waals surface area (Å²) in [6.45, 7) is 4.90. The molecule has 0 spiro atoms. The van der Waals surface area contributed by atoms with Crippen LogP contribution in [0.2, 0.25) is 5.02 Å². The average molecular weight is 517 g/mol. The quantitative estimate of drug-likeness (QED) is 0.318. The molecule has 4 aromatic rings. The highest BCUT2D eigenvalue weighted by molar-refractivity contribution is 7.91. The number of fused-ring (bicyclic) bond motifs is 1. The summed E-state index contributed by atoms with van der Waals surface area (Å²) in [5, 5.41) is 0.111. The van der Waals surface area contributed by atoms with Crippen LogP contribution >= 0.6 is 11.6 Å². The van der Waals surface area contributed by atoms with E-state index >= 15 is 4.39 Å². The topological polar surface area (TPSA) is 59.4 Å². The fraction of sp³-hybridized carbons (Fsp3) is 0.192. The number of pyridine rings is 1. The number of halogens is 3. The Hall–Kier alpha value is -3.23.